The van der Waals surface area contributed by atoms with Gasteiger partial charge in [0.1, 0.15) is 24.4 Å². The van der Waals surface area contributed by atoms with E-state index < -0.39 is 0 Å². The van der Waals surface area contributed by atoms with Crippen molar-refractivity contribution < 1.29 is 9.47 Å². The van der Waals surface area contributed by atoms with Crippen molar-refractivity contribution in [3.63, 3.8) is 0 Å². The molecule has 26 heavy (non-hydrogen) atoms. The predicted molar refractivity (Wildman–Crippen MR) is 102 cm³/mol. The van der Waals surface area contributed by atoms with Gasteiger partial charge in [0.05, 0.1) is 12.7 Å². The van der Waals surface area contributed by atoms with Gasteiger partial charge in [0.25, 0.3) is 0 Å². The van der Waals surface area contributed by atoms with Crippen LogP contribution >= 0.6 is 0 Å². The van der Waals surface area contributed by atoms with Gasteiger partial charge in [0, 0.05) is 26.5 Å². The molecule has 6 heteroatoms. The minimum absolute atomic E-state index is 0.459. The van der Waals surface area contributed by atoms with Crippen LogP contribution in [0.25, 0.3) is 0 Å². The number of benzene rings is 2. The lowest BCUT2D eigenvalue weighted by atomic mass is 10.1. The Bertz CT molecular complexity index is 856. The minimum atomic E-state index is 0.459. The molecule has 0 amide bonds. The Morgan fingerprint density at radius 2 is 1.88 bits per heavy atom. The zero-order valence-electron chi connectivity index (χ0n) is 15.2. The number of hydrogen-bond acceptors (Lipinski definition) is 5. The highest BCUT2D eigenvalue weighted by Crippen LogP contribution is 2.22. The molecule has 3 rings (SSSR count). The van der Waals surface area contributed by atoms with E-state index in [-0.39, 0.29) is 0 Å². The molecule has 0 bridgehead atoms. The second-order valence-electron chi connectivity index (χ2n) is 5.87. The van der Waals surface area contributed by atoms with Crippen molar-refractivity contribution in [2.75, 3.05) is 21.2 Å². The molecule has 0 radical (unpaired) electrons. The lowest BCUT2D eigenvalue weighted by Crippen LogP contribution is -2.18. The van der Waals surface area contributed by atoms with E-state index in [1.807, 2.05) is 73.4 Å². The van der Waals surface area contributed by atoms with Gasteiger partial charge in [-0.15, -0.1) is 0 Å². The monoisotopic (exact) mass is 350 g/mol. The summed E-state index contributed by atoms with van der Waals surface area (Å²) in [5.41, 5.74) is 1.96. The first-order chi connectivity index (χ1) is 12.7. The van der Waals surface area contributed by atoms with Crippen LogP contribution in [0.4, 0.5) is 0 Å². The number of hydrogen-bond donors (Lipinski definition) is 0. The summed E-state index contributed by atoms with van der Waals surface area (Å²) in [6.07, 6.45) is 5.32. The average Bonchev–Trinajstić information content (AvgIpc) is 3.19. The topological polar surface area (TPSA) is 51.9 Å². The molecular weight excluding hydrogens is 328 g/mol. The number of rotatable bonds is 6. The van der Waals surface area contributed by atoms with E-state index in [1.54, 1.807) is 24.6 Å². The van der Waals surface area contributed by atoms with Crippen LogP contribution in [-0.2, 0) is 6.61 Å². The Balaban J connectivity index is 1.86. The van der Waals surface area contributed by atoms with E-state index in [0.29, 0.717) is 6.61 Å². The summed E-state index contributed by atoms with van der Waals surface area (Å²) in [6, 6.07) is 15.7. The quantitative estimate of drug-likeness (QED) is 0.389. The largest absolute Gasteiger partial charge is 0.497 e. The molecule has 2 aromatic carbocycles. The van der Waals surface area contributed by atoms with Gasteiger partial charge in [-0.1, -0.05) is 24.3 Å². The third-order valence-corrected chi connectivity index (χ3v) is 3.73. The second-order valence-corrected chi connectivity index (χ2v) is 5.87. The van der Waals surface area contributed by atoms with Gasteiger partial charge >= 0.3 is 0 Å². The molecule has 0 saturated carbocycles. The summed E-state index contributed by atoms with van der Waals surface area (Å²) >= 11 is 0. The van der Waals surface area contributed by atoms with Gasteiger partial charge in [-0.3, -0.25) is 4.57 Å². The van der Waals surface area contributed by atoms with Crippen LogP contribution in [0.15, 0.2) is 72.4 Å². The number of para-hydroxylation sites is 1. The Hall–Kier alpha value is -3.28. The lowest BCUT2D eigenvalue weighted by molar-refractivity contribution is 0.305. The summed E-state index contributed by atoms with van der Waals surface area (Å²) in [5, 5.41) is 6.36. The van der Waals surface area contributed by atoms with Crippen LogP contribution in [0.3, 0.4) is 0 Å². The fourth-order valence-electron chi connectivity index (χ4n) is 2.48. The molecule has 0 N–H and O–H groups in total. The molecule has 3 aromatic rings. The van der Waals surface area contributed by atoms with E-state index in [0.717, 1.165) is 28.5 Å². The van der Waals surface area contributed by atoms with E-state index >= 15 is 0 Å². The highest BCUT2D eigenvalue weighted by molar-refractivity contribution is 6.02. The SMILES string of the molecule is COc1ccc(COc2ccccc2C(=NN(C)C)n2ccnc2)cc1. The van der Waals surface area contributed by atoms with Crippen LogP contribution in [0.1, 0.15) is 11.1 Å². The maximum absolute atomic E-state index is 6.08. The highest BCUT2D eigenvalue weighted by atomic mass is 16.5. The minimum Gasteiger partial charge on any atom is -0.497 e. The van der Waals surface area contributed by atoms with Crippen molar-refractivity contribution in [3.05, 3.63) is 78.4 Å². The van der Waals surface area contributed by atoms with Crippen LogP contribution < -0.4 is 9.47 Å². The Morgan fingerprint density at radius 1 is 1.12 bits per heavy atom. The van der Waals surface area contributed by atoms with Crippen molar-refractivity contribution >= 4 is 5.84 Å². The summed E-state index contributed by atoms with van der Waals surface area (Å²) in [6.45, 7) is 0.459. The van der Waals surface area contributed by atoms with Gasteiger partial charge in [0.15, 0.2) is 5.84 Å². The molecule has 0 spiro atoms. The Morgan fingerprint density at radius 3 is 2.54 bits per heavy atom. The summed E-state index contributed by atoms with van der Waals surface area (Å²) < 4.78 is 13.1. The molecule has 0 aliphatic heterocycles. The number of ether oxygens (including phenoxy) is 2. The molecule has 1 heterocycles. The van der Waals surface area contributed by atoms with Crippen molar-refractivity contribution in [3.8, 4) is 11.5 Å². The number of hydrazone groups is 1. The van der Waals surface area contributed by atoms with Gasteiger partial charge < -0.3 is 14.5 Å². The molecule has 0 aliphatic carbocycles. The van der Waals surface area contributed by atoms with Crippen LogP contribution in [0.2, 0.25) is 0 Å². The van der Waals surface area contributed by atoms with E-state index in [9.17, 15) is 0 Å². The number of nitrogens with zero attached hydrogens (tertiary/aromatic N) is 4. The Labute approximate surface area is 153 Å². The van der Waals surface area contributed by atoms with Gasteiger partial charge in [-0.05, 0) is 29.8 Å². The molecule has 0 atom stereocenters. The first-order valence-electron chi connectivity index (χ1n) is 8.27. The number of aromatic nitrogens is 2. The first kappa shape index (κ1) is 17.5. The lowest BCUT2D eigenvalue weighted by Gasteiger charge is -2.16. The molecule has 0 saturated heterocycles. The first-order valence-corrected chi connectivity index (χ1v) is 8.27. The molecule has 0 fully saturated rings. The second kappa shape index (κ2) is 8.20. The summed E-state index contributed by atoms with van der Waals surface area (Å²) in [7, 11) is 5.43. The van der Waals surface area contributed by atoms with Crippen molar-refractivity contribution in [1.82, 2.24) is 14.6 Å². The van der Waals surface area contributed by atoms with Gasteiger partial charge in [-0.2, -0.15) is 5.10 Å². The normalized spacial score (nSPS) is 11.3. The zero-order chi connectivity index (χ0) is 18.4. The van der Waals surface area contributed by atoms with Crippen LogP contribution in [-0.4, -0.2) is 41.6 Å². The molecular formula is C20H22N4O2. The van der Waals surface area contributed by atoms with Crippen molar-refractivity contribution in [2.45, 2.75) is 6.61 Å². The average molecular weight is 350 g/mol. The van der Waals surface area contributed by atoms with Crippen molar-refractivity contribution in [1.29, 1.82) is 0 Å². The molecule has 134 valence electrons. The molecule has 1 aromatic heterocycles. The fraction of sp³-hybridized carbons (Fsp3) is 0.200. The van der Waals surface area contributed by atoms with Gasteiger partial charge in [-0.25, -0.2) is 4.98 Å². The Kier molecular flexibility index (Phi) is 5.53. The smallest absolute Gasteiger partial charge is 0.168 e. The molecule has 0 unspecified atom stereocenters. The van der Waals surface area contributed by atoms with Crippen LogP contribution in [0, 0.1) is 0 Å². The van der Waals surface area contributed by atoms with E-state index in [2.05, 4.69) is 10.1 Å². The maximum Gasteiger partial charge on any atom is 0.168 e. The number of imidazole rings is 1. The standard InChI is InChI=1S/C20H22N4O2/c1-23(2)22-20(24-13-12-21-15-24)18-6-4-5-7-19(18)26-14-16-8-10-17(25-3)11-9-16/h4-13,15H,14H2,1-3H3. The maximum atomic E-state index is 6.08. The third kappa shape index (κ3) is 4.22. The van der Waals surface area contributed by atoms with Crippen LogP contribution in [0.5, 0.6) is 11.5 Å². The van der Waals surface area contributed by atoms with E-state index in [1.165, 1.54) is 0 Å². The third-order valence-electron chi connectivity index (χ3n) is 3.73. The van der Waals surface area contributed by atoms with Gasteiger partial charge in [0.2, 0.25) is 0 Å². The number of methoxy groups -OCH3 is 1. The zero-order valence-corrected chi connectivity index (χ0v) is 15.2. The highest BCUT2D eigenvalue weighted by Gasteiger charge is 2.13. The molecule has 0 aliphatic rings. The summed E-state index contributed by atoms with van der Waals surface area (Å²) in [4.78, 5) is 4.13. The molecule has 6 nitrogen and oxygen atoms in total. The fourth-order valence-corrected chi connectivity index (χ4v) is 2.48. The van der Waals surface area contributed by atoms with Crippen molar-refractivity contribution in [2.24, 2.45) is 5.10 Å². The predicted octanol–water partition coefficient (Wildman–Crippen LogP) is 3.24. The summed E-state index contributed by atoms with van der Waals surface area (Å²) in [5.74, 6) is 2.34. The van der Waals surface area contributed by atoms with E-state index in [4.69, 9.17) is 9.47 Å².